The zero-order chi connectivity index (χ0) is 16.9. The zero-order valence-electron chi connectivity index (χ0n) is 13.6. The van der Waals surface area contributed by atoms with Crippen LogP contribution in [0.25, 0.3) is 0 Å². The van der Waals surface area contributed by atoms with Crippen LogP contribution in [0.15, 0.2) is 41.5 Å². The van der Waals surface area contributed by atoms with Gasteiger partial charge in [0.2, 0.25) is 0 Å². The molecule has 0 spiro atoms. The normalized spacial score (nSPS) is 12.8. The molecule has 2 aromatic rings. The number of aliphatic imine (C=N–C) groups is 1. The van der Waals surface area contributed by atoms with Crippen molar-refractivity contribution in [2.45, 2.75) is 25.8 Å². The molecule has 0 saturated carbocycles. The summed E-state index contributed by atoms with van der Waals surface area (Å²) in [7, 11) is 1.63. The fraction of sp³-hybridized carbons (Fsp3) is 0.316. The summed E-state index contributed by atoms with van der Waals surface area (Å²) >= 11 is 0. The quantitative estimate of drug-likeness (QED) is 0.735. The first-order chi connectivity index (χ1) is 11.7. The molecule has 24 heavy (non-hydrogen) atoms. The molecule has 0 N–H and O–H groups in total. The van der Waals surface area contributed by atoms with Crippen LogP contribution in [0.1, 0.15) is 35.2 Å². The molecule has 0 saturated heterocycles. The topological polar surface area (TPSA) is 51.5 Å². The molecule has 1 aliphatic rings. The Labute approximate surface area is 140 Å². The Morgan fingerprint density at radius 3 is 2.83 bits per heavy atom. The van der Waals surface area contributed by atoms with E-state index < -0.39 is 0 Å². The summed E-state index contributed by atoms with van der Waals surface area (Å²) in [5.74, 6) is -0.102. The molecule has 0 atom stereocenters. The maximum atomic E-state index is 13.1. The SMILES string of the molecule is COCCCC(=O)Cc1cc2c(cn1)C(c1ccc(F)cc1)=NC2. The molecule has 0 amide bonds. The number of hydrogen-bond donors (Lipinski definition) is 0. The molecule has 2 heterocycles. The first-order valence-electron chi connectivity index (χ1n) is 7.96. The number of carbonyl (C=O) groups excluding carboxylic acids is 1. The van der Waals surface area contributed by atoms with E-state index >= 15 is 0 Å². The summed E-state index contributed by atoms with van der Waals surface area (Å²) in [4.78, 5) is 20.9. The van der Waals surface area contributed by atoms with Crippen molar-refractivity contribution < 1.29 is 13.9 Å². The number of halogens is 1. The number of hydrogen-bond acceptors (Lipinski definition) is 4. The molecular weight excluding hydrogens is 307 g/mol. The number of carbonyl (C=O) groups is 1. The van der Waals surface area contributed by atoms with E-state index in [1.807, 2.05) is 6.07 Å². The molecular formula is C19H19FN2O2. The van der Waals surface area contributed by atoms with Crippen LogP contribution >= 0.6 is 0 Å². The van der Waals surface area contributed by atoms with Gasteiger partial charge in [0, 0.05) is 49.6 Å². The fourth-order valence-corrected chi connectivity index (χ4v) is 2.80. The highest BCUT2D eigenvalue weighted by atomic mass is 19.1. The molecule has 4 nitrogen and oxygen atoms in total. The molecule has 1 aliphatic heterocycles. The molecule has 5 heteroatoms. The number of aromatic nitrogens is 1. The van der Waals surface area contributed by atoms with Crippen LogP contribution in [0.5, 0.6) is 0 Å². The van der Waals surface area contributed by atoms with Crippen LogP contribution in [-0.2, 0) is 22.5 Å². The predicted molar refractivity (Wildman–Crippen MR) is 89.8 cm³/mol. The number of pyridine rings is 1. The van der Waals surface area contributed by atoms with Gasteiger partial charge in [0.25, 0.3) is 0 Å². The van der Waals surface area contributed by atoms with Crippen molar-refractivity contribution in [3.05, 3.63) is 64.7 Å². The van der Waals surface area contributed by atoms with E-state index in [0.29, 0.717) is 26.0 Å². The Balaban J connectivity index is 1.70. The van der Waals surface area contributed by atoms with Crippen LogP contribution in [0.4, 0.5) is 4.39 Å². The number of rotatable bonds is 7. The molecule has 0 radical (unpaired) electrons. The Kier molecular flexibility index (Phi) is 5.11. The van der Waals surface area contributed by atoms with E-state index in [0.717, 1.165) is 34.5 Å². The number of Topliss-reactive ketones (excluding diaryl/α,β-unsaturated/α-hetero) is 1. The monoisotopic (exact) mass is 326 g/mol. The maximum absolute atomic E-state index is 13.1. The Hall–Kier alpha value is -2.40. The smallest absolute Gasteiger partial charge is 0.138 e. The number of ketones is 1. The Morgan fingerprint density at radius 2 is 2.08 bits per heavy atom. The average molecular weight is 326 g/mol. The number of benzene rings is 1. The van der Waals surface area contributed by atoms with Crippen molar-refractivity contribution in [3.8, 4) is 0 Å². The molecule has 0 bridgehead atoms. The molecule has 0 fully saturated rings. The van der Waals surface area contributed by atoms with Gasteiger partial charge >= 0.3 is 0 Å². The maximum Gasteiger partial charge on any atom is 0.138 e. The first-order valence-corrected chi connectivity index (χ1v) is 7.96. The van der Waals surface area contributed by atoms with E-state index in [1.165, 1.54) is 12.1 Å². The highest BCUT2D eigenvalue weighted by Crippen LogP contribution is 2.23. The van der Waals surface area contributed by atoms with Gasteiger partial charge in [-0.25, -0.2) is 4.39 Å². The van der Waals surface area contributed by atoms with Gasteiger partial charge in [-0.1, -0.05) is 0 Å². The lowest BCUT2D eigenvalue weighted by molar-refractivity contribution is -0.118. The third kappa shape index (κ3) is 3.74. The van der Waals surface area contributed by atoms with Gasteiger partial charge in [-0.05, 0) is 42.3 Å². The van der Waals surface area contributed by atoms with Gasteiger partial charge in [0.15, 0.2) is 0 Å². The zero-order valence-corrected chi connectivity index (χ0v) is 13.6. The van der Waals surface area contributed by atoms with Gasteiger partial charge in [-0.2, -0.15) is 0 Å². The Morgan fingerprint density at radius 1 is 1.29 bits per heavy atom. The largest absolute Gasteiger partial charge is 0.385 e. The van der Waals surface area contributed by atoms with Crippen LogP contribution in [0, 0.1) is 5.82 Å². The molecule has 3 rings (SSSR count). The minimum Gasteiger partial charge on any atom is -0.385 e. The number of ether oxygens (including phenoxy) is 1. The van der Waals surface area contributed by atoms with Crippen molar-refractivity contribution in [2.24, 2.45) is 4.99 Å². The van der Waals surface area contributed by atoms with Crippen molar-refractivity contribution in [3.63, 3.8) is 0 Å². The van der Waals surface area contributed by atoms with E-state index in [1.54, 1.807) is 25.4 Å². The lowest BCUT2D eigenvalue weighted by Crippen LogP contribution is -2.08. The standard InChI is InChI=1S/C19H19FN2O2/c1-24-8-2-3-17(23)10-16-9-14-11-22-19(18(14)12-21-16)13-4-6-15(20)7-5-13/h4-7,9,12H,2-3,8,10-11H2,1H3. The van der Waals surface area contributed by atoms with E-state index in [2.05, 4.69) is 9.98 Å². The van der Waals surface area contributed by atoms with Crippen LogP contribution < -0.4 is 0 Å². The van der Waals surface area contributed by atoms with Gasteiger partial charge in [-0.3, -0.25) is 14.8 Å². The van der Waals surface area contributed by atoms with Crippen LogP contribution in [-0.4, -0.2) is 30.2 Å². The van der Waals surface area contributed by atoms with E-state index in [9.17, 15) is 9.18 Å². The summed E-state index contributed by atoms with van der Waals surface area (Å²) in [6.07, 6.45) is 3.34. The third-order valence-electron chi connectivity index (χ3n) is 4.01. The summed E-state index contributed by atoms with van der Waals surface area (Å²) in [5.41, 5.74) is 4.49. The molecule has 0 aliphatic carbocycles. The minimum absolute atomic E-state index is 0.164. The predicted octanol–water partition coefficient (Wildman–Crippen LogP) is 3.11. The summed E-state index contributed by atoms with van der Waals surface area (Å²) < 4.78 is 18.0. The summed E-state index contributed by atoms with van der Waals surface area (Å²) in [6, 6.07) is 8.24. The lowest BCUT2D eigenvalue weighted by atomic mass is 10.0. The van der Waals surface area contributed by atoms with E-state index in [4.69, 9.17) is 4.74 Å². The minimum atomic E-state index is -0.266. The number of methoxy groups -OCH3 is 1. The molecule has 0 unspecified atom stereocenters. The van der Waals surface area contributed by atoms with Crippen LogP contribution in [0.3, 0.4) is 0 Å². The van der Waals surface area contributed by atoms with Gasteiger partial charge < -0.3 is 4.74 Å². The number of fused-ring (bicyclic) bond motifs is 1. The highest BCUT2D eigenvalue weighted by Gasteiger charge is 2.19. The van der Waals surface area contributed by atoms with E-state index in [-0.39, 0.29) is 11.6 Å². The van der Waals surface area contributed by atoms with Crippen LogP contribution in [0.2, 0.25) is 0 Å². The lowest BCUT2D eigenvalue weighted by Gasteiger charge is -2.06. The van der Waals surface area contributed by atoms with Gasteiger partial charge in [-0.15, -0.1) is 0 Å². The summed E-state index contributed by atoms with van der Waals surface area (Å²) in [5, 5.41) is 0. The number of nitrogens with zero attached hydrogens (tertiary/aromatic N) is 2. The van der Waals surface area contributed by atoms with Crippen molar-refractivity contribution >= 4 is 11.5 Å². The first kappa shape index (κ1) is 16.5. The second kappa shape index (κ2) is 7.45. The Bertz CT molecular complexity index is 769. The molecule has 1 aromatic carbocycles. The third-order valence-corrected chi connectivity index (χ3v) is 4.01. The summed E-state index contributed by atoms with van der Waals surface area (Å²) in [6.45, 7) is 1.16. The second-order valence-electron chi connectivity index (χ2n) is 5.82. The molecule has 124 valence electrons. The fourth-order valence-electron chi connectivity index (χ4n) is 2.80. The van der Waals surface area contributed by atoms with Gasteiger partial charge in [0.05, 0.1) is 12.3 Å². The van der Waals surface area contributed by atoms with Gasteiger partial charge in [0.1, 0.15) is 11.6 Å². The van der Waals surface area contributed by atoms with Crippen molar-refractivity contribution in [1.82, 2.24) is 4.98 Å². The van der Waals surface area contributed by atoms with Crippen molar-refractivity contribution in [1.29, 1.82) is 0 Å². The second-order valence-corrected chi connectivity index (χ2v) is 5.82. The highest BCUT2D eigenvalue weighted by molar-refractivity contribution is 6.14. The molecule has 1 aromatic heterocycles. The average Bonchev–Trinajstić information content (AvgIpc) is 2.99. The van der Waals surface area contributed by atoms with Crippen molar-refractivity contribution in [2.75, 3.05) is 13.7 Å².